The molecule has 7 aromatic rings. The van der Waals surface area contributed by atoms with Gasteiger partial charge < -0.3 is 44.9 Å². The third-order valence-corrected chi connectivity index (χ3v) is 10.3. The van der Waals surface area contributed by atoms with Gasteiger partial charge in [0.2, 0.25) is 23.7 Å². The Hall–Kier alpha value is -8.50. The van der Waals surface area contributed by atoms with Gasteiger partial charge >= 0.3 is 12.1 Å². The molecule has 0 aliphatic carbocycles. The Labute approximate surface area is 374 Å². The van der Waals surface area contributed by atoms with E-state index in [9.17, 15) is 28.8 Å². The topological polar surface area (TPSA) is 314 Å². The number of fused-ring (bicyclic) bond motifs is 4. The summed E-state index contributed by atoms with van der Waals surface area (Å²) in [6.07, 6.45) is 4.14. The number of carbonyl (C=O) groups is 6. The minimum Gasteiger partial charge on any atom is -0.491 e. The number of aromatic nitrogens is 8. The average molecular weight is 906 g/mol. The molecule has 0 unspecified atom stereocenters. The van der Waals surface area contributed by atoms with Gasteiger partial charge in [-0.3, -0.25) is 44.0 Å². The molecule has 7 rings (SSSR count). The summed E-state index contributed by atoms with van der Waals surface area (Å²) in [6.45, 7) is 8.12. The fourth-order valence-corrected chi connectivity index (χ4v) is 7.32. The molecule has 344 valence electrons. The number of carboxylic acids is 1. The number of imidazole rings is 2. The van der Waals surface area contributed by atoms with Gasteiger partial charge in [0.1, 0.15) is 28.2 Å². The molecule has 0 radical (unpaired) electrons. The second-order valence-corrected chi connectivity index (χ2v) is 14.9. The molecular formula is C43H47N13O10. The first-order chi connectivity index (χ1) is 31.7. The summed E-state index contributed by atoms with van der Waals surface area (Å²) in [6, 6.07) is 9.38. The first-order valence-corrected chi connectivity index (χ1v) is 20.8. The molecule has 23 nitrogen and oxygen atoms in total. The van der Waals surface area contributed by atoms with Crippen LogP contribution in [0.3, 0.4) is 0 Å². The maximum absolute atomic E-state index is 13.8. The Bertz CT molecular complexity index is 3060. The lowest BCUT2D eigenvalue weighted by atomic mass is 10.1. The summed E-state index contributed by atoms with van der Waals surface area (Å²) in [4.78, 5) is 84.7. The van der Waals surface area contributed by atoms with Crippen molar-refractivity contribution in [2.75, 3.05) is 30.4 Å². The molecular weight excluding hydrogens is 859 g/mol. The molecule has 5 aromatic heterocycles. The summed E-state index contributed by atoms with van der Waals surface area (Å²) in [7, 11) is 0. The number of ether oxygens (including phenoxy) is 2. The monoisotopic (exact) mass is 905 g/mol. The molecule has 0 saturated heterocycles. The van der Waals surface area contributed by atoms with E-state index >= 15 is 0 Å². The summed E-state index contributed by atoms with van der Waals surface area (Å²) in [5, 5.41) is 26.2. The predicted molar refractivity (Wildman–Crippen MR) is 238 cm³/mol. The average Bonchev–Trinajstić information content (AvgIpc) is 4.11. The van der Waals surface area contributed by atoms with Crippen LogP contribution in [0.5, 0.6) is 5.75 Å². The number of allylic oxidation sites excluding steroid dienone is 2. The third-order valence-electron chi connectivity index (χ3n) is 10.3. The van der Waals surface area contributed by atoms with E-state index in [1.54, 1.807) is 62.7 Å². The third kappa shape index (κ3) is 9.68. The van der Waals surface area contributed by atoms with Crippen LogP contribution in [0.25, 0.3) is 33.0 Å². The number of carbonyl (C=O) groups excluding carboxylic acids is 5. The molecule has 0 fully saturated rings. The number of nitrogens with two attached hydrogens (primary N) is 2. The standard InChI is InChI=1S/C43H47N13O10/c1-5-55-30(18-23(3)51-55)39(61)49-41-47-28-20-25(37(44)59)21-32(64-15-9-16-66-43(63)46-12-10-33(57)58)34(28)53(41)13-7-8-14-54-35-29(22-27(38(45)60)26-11-17-65-36(26)35)48-42(54)50-40(62)31-19-24(4)52-56(31)6-2/h7-8,11,17-22H,5-6,9-10,12-16H2,1-4H3,(H2,44,59)(H2,45,60)(H,46,63)(H,57,58)(H,47,49,61)(H,48,50,62). The van der Waals surface area contributed by atoms with Gasteiger partial charge in [-0.2, -0.15) is 10.2 Å². The van der Waals surface area contributed by atoms with Crippen LogP contribution in [0.15, 0.2) is 59.2 Å². The molecule has 2 aromatic carbocycles. The minimum atomic E-state index is -1.07. The SMILES string of the molecule is CCn1nc(C)cc1C(=O)Nc1nc2cc(C(N)=O)cc(OCCCOC(=O)NCCC(=O)O)c2n1CC=CCn1c(NC(=O)c2cc(C)nn2CC)nc2cc(C(N)=O)c3ccoc3c21. The number of benzene rings is 2. The van der Waals surface area contributed by atoms with Crippen LogP contribution in [0, 0.1) is 13.8 Å². The highest BCUT2D eigenvalue weighted by Gasteiger charge is 2.24. The van der Waals surface area contributed by atoms with Crippen molar-refractivity contribution in [3.05, 3.63) is 88.7 Å². The van der Waals surface area contributed by atoms with Crippen molar-refractivity contribution < 1.29 is 47.8 Å². The maximum atomic E-state index is 13.8. The molecule has 66 heavy (non-hydrogen) atoms. The fourth-order valence-electron chi connectivity index (χ4n) is 7.32. The summed E-state index contributed by atoms with van der Waals surface area (Å²) in [5.74, 6) is -3.08. The highest BCUT2D eigenvalue weighted by molar-refractivity contribution is 6.14. The Morgan fingerprint density at radius 1 is 0.788 bits per heavy atom. The van der Waals surface area contributed by atoms with E-state index in [0.29, 0.717) is 57.7 Å². The lowest BCUT2D eigenvalue weighted by molar-refractivity contribution is -0.136. The van der Waals surface area contributed by atoms with Gasteiger partial charge in [-0.1, -0.05) is 12.2 Å². The van der Waals surface area contributed by atoms with Crippen LogP contribution in [-0.2, 0) is 35.7 Å². The highest BCUT2D eigenvalue weighted by atomic mass is 16.5. The van der Waals surface area contributed by atoms with E-state index in [0.717, 1.165) is 0 Å². The van der Waals surface area contributed by atoms with Gasteiger partial charge in [0.25, 0.3) is 11.8 Å². The van der Waals surface area contributed by atoms with Crippen LogP contribution in [0.4, 0.5) is 16.7 Å². The molecule has 0 atom stereocenters. The van der Waals surface area contributed by atoms with Gasteiger partial charge in [0.05, 0.1) is 53.9 Å². The van der Waals surface area contributed by atoms with E-state index < -0.39 is 35.7 Å². The van der Waals surface area contributed by atoms with E-state index in [1.807, 2.05) is 13.8 Å². The molecule has 0 spiro atoms. The Balaban J connectivity index is 1.24. The number of amides is 5. The molecule has 0 bridgehead atoms. The van der Waals surface area contributed by atoms with E-state index in [4.69, 9.17) is 40.4 Å². The zero-order chi connectivity index (χ0) is 47.2. The number of furan rings is 1. The zero-order valence-corrected chi connectivity index (χ0v) is 36.4. The van der Waals surface area contributed by atoms with E-state index in [-0.39, 0.29) is 85.7 Å². The van der Waals surface area contributed by atoms with Crippen molar-refractivity contribution in [3.63, 3.8) is 0 Å². The normalized spacial score (nSPS) is 11.5. The number of aryl methyl sites for hydroxylation is 4. The first kappa shape index (κ1) is 45.5. The lowest BCUT2D eigenvalue weighted by Gasteiger charge is -2.13. The number of carboxylic acid groups (broad SMARTS) is 1. The predicted octanol–water partition coefficient (Wildman–Crippen LogP) is 4.11. The number of anilines is 2. The number of aliphatic carboxylic acids is 1. The number of nitrogens with zero attached hydrogens (tertiary/aromatic N) is 8. The number of hydrogen-bond donors (Lipinski definition) is 6. The number of hydrogen-bond acceptors (Lipinski definition) is 13. The Morgan fingerprint density at radius 2 is 1.38 bits per heavy atom. The van der Waals surface area contributed by atoms with Gasteiger partial charge in [-0.15, -0.1) is 0 Å². The number of primary amides is 2. The smallest absolute Gasteiger partial charge is 0.407 e. The zero-order valence-electron chi connectivity index (χ0n) is 36.4. The Morgan fingerprint density at radius 3 is 1.94 bits per heavy atom. The highest BCUT2D eigenvalue weighted by Crippen LogP contribution is 2.34. The van der Waals surface area contributed by atoms with Crippen LogP contribution in [0.1, 0.15) is 79.8 Å². The molecule has 5 amide bonds. The summed E-state index contributed by atoms with van der Waals surface area (Å²) in [5.41, 5.74) is 15.4. The van der Waals surface area contributed by atoms with Crippen molar-refractivity contribution in [2.45, 2.75) is 66.7 Å². The lowest BCUT2D eigenvalue weighted by Crippen LogP contribution is -2.27. The largest absolute Gasteiger partial charge is 0.491 e. The first-order valence-electron chi connectivity index (χ1n) is 20.8. The maximum Gasteiger partial charge on any atom is 0.407 e. The van der Waals surface area contributed by atoms with Crippen molar-refractivity contribution in [1.29, 1.82) is 0 Å². The quantitative estimate of drug-likeness (QED) is 0.0463. The van der Waals surface area contributed by atoms with E-state index in [1.165, 1.54) is 24.5 Å². The van der Waals surface area contributed by atoms with Crippen molar-refractivity contribution in [1.82, 2.24) is 44.0 Å². The number of nitrogens with one attached hydrogen (secondary N) is 3. The second-order valence-electron chi connectivity index (χ2n) is 14.9. The Kier molecular flexibility index (Phi) is 13.4. The van der Waals surface area contributed by atoms with Gasteiger partial charge in [0, 0.05) is 50.1 Å². The summed E-state index contributed by atoms with van der Waals surface area (Å²) >= 11 is 0. The number of alkyl carbamates (subject to hydrolysis) is 1. The van der Waals surface area contributed by atoms with Crippen LogP contribution < -0.4 is 32.2 Å². The fraction of sp³-hybridized carbons (Fsp3) is 0.302. The molecule has 5 heterocycles. The summed E-state index contributed by atoms with van der Waals surface area (Å²) < 4.78 is 23.7. The molecule has 0 aliphatic heterocycles. The van der Waals surface area contributed by atoms with Crippen LogP contribution in [0.2, 0.25) is 0 Å². The minimum absolute atomic E-state index is 0.00305. The number of rotatable bonds is 20. The second kappa shape index (κ2) is 19.5. The van der Waals surface area contributed by atoms with Crippen molar-refractivity contribution in [3.8, 4) is 5.75 Å². The van der Waals surface area contributed by atoms with Gasteiger partial charge in [0.15, 0.2) is 5.58 Å². The molecule has 8 N–H and O–H groups in total. The molecule has 23 heteroatoms. The van der Waals surface area contributed by atoms with Crippen molar-refractivity contribution >= 4 is 80.6 Å². The van der Waals surface area contributed by atoms with Gasteiger partial charge in [-0.25, -0.2) is 14.8 Å². The molecule has 0 saturated carbocycles. The van der Waals surface area contributed by atoms with Crippen LogP contribution in [-0.4, -0.2) is 99.2 Å². The van der Waals surface area contributed by atoms with Crippen molar-refractivity contribution in [2.24, 2.45) is 11.5 Å². The van der Waals surface area contributed by atoms with E-state index in [2.05, 4.69) is 26.1 Å². The molecule has 0 aliphatic rings. The van der Waals surface area contributed by atoms with Crippen LogP contribution >= 0.6 is 0 Å². The van der Waals surface area contributed by atoms with Gasteiger partial charge in [-0.05, 0) is 64.1 Å².